The zero-order valence-electron chi connectivity index (χ0n) is 6.12. The summed E-state index contributed by atoms with van der Waals surface area (Å²) in [4.78, 5) is 1.37. The minimum Gasteiger partial charge on any atom is -0.393 e. The molecule has 0 radical (unpaired) electrons. The predicted octanol–water partition coefficient (Wildman–Crippen LogP) is 1.35. The van der Waals surface area contributed by atoms with Gasteiger partial charge >= 0.3 is 0 Å². The predicted molar refractivity (Wildman–Crippen MR) is 43.8 cm³/mol. The molecule has 11 heavy (non-hydrogen) atoms. The molecule has 1 unspecified atom stereocenters. The molecular weight excluding hydrogens is 160 g/mol. The van der Waals surface area contributed by atoms with Gasteiger partial charge in [0.05, 0.1) is 13.2 Å². The van der Waals surface area contributed by atoms with Crippen LogP contribution < -0.4 is 0 Å². The van der Waals surface area contributed by atoms with Gasteiger partial charge in [0.15, 0.2) is 0 Å². The van der Waals surface area contributed by atoms with Crippen LogP contribution in [-0.2, 0) is 11.2 Å². The van der Waals surface area contributed by atoms with Gasteiger partial charge in [0.25, 0.3) is 0 Å². The van der Waals surface area contributed by atoms with E-state index in [4.69, 9.17) is 9.84 Å². The molecule has 2 nitrogen and oxygen atoms in total. The highest BCUT2D eigenvalue weighted by molar-refractivity contribution is 7.10. The third-order valence-corrected chi connectivity index (χ3v) is 2.94. The second-order valence-corrected chi connectivity index (χ2v) is 3.59. The van der Waals surface area contributed by atoms with E-state index in [9.17, 15) is 0 Å². The van der Waals surface area contributed by atoms with E-state index in [1.165, 1.54) is 10.4 Å². The van der Waals surface area contributed by atoms with Crippen LogP contribution in [0.5, 0.6) is 0 Å². The van der Waals surface area contributed by atoms with Crippen molar-refractivity contribution in [2.75, 3.05) is 13.2 Å². The number of rotatable bonds is 1. The topological polar surface area (TPSA) is 29.5 Å². The first-order valence-corrected chi connectivity index (χ1v) is 4.58. The molecule has 60 valence electrons. The molecule has 1 atom stereocenters. The summed E-state index contributed by atoms with van der Waals surface area (Å²) < 4.78 is 5.37. The quantitative estimate of drug-likeness (QED) is 0.689. The molecule has 0 spiro atoms. The van der Waals surface area contributed by atoms with E-state index >= 15 is 0 Å². The van der Waals surface area contributed by atoms with Crippen LogP contribution in [0.15, 0.2) is 11.4 Å². The molecule has 1 aliphatic heterocycles. The van der Waals surface area contributed by atoms with Crippen molar-refractivity contribution >= 4 is 11.3 Å². The van der Waals surface area contributed by atoms with Crippen LogP contribution in [0.1, 0.15) is 16.5 Å². The Balaban J connectivity index is 2.32. The van der Waals surface area contributed by atoms with Gasteiger partial charge in [-0.1, -0.05) is 0 Å². The first kappa shape index (κ1) is 7.28. The van der Waals surface area contributed by atoms with Crippen molar-refractivity contribution < 1.29 is 9.84 Å². The zero-order valence-corrected chi connectivity index (χ0v) is 6.93. The van der Waals surface area contributed by atoms with Crippen LogP contribution in [0.2, 0.25) is 0 Å². The van der Waals surface area contributed by atoms with Gasteiger partial charge in [-0.2, -0.15) is 0 Å². The fourth-order valence-electron chi connectivity index (χ4n) is 1.38. The molecule has 0 aliphatic carbocycles. The number of fused-ring (bicyclic) bond motifs is 1. The van der Waals surface area contributed by atoms with Gasteiger partial charge in [-0.05, 0) is 17.0 Å². The molecule has 0 aromatic carbocycles. The van der Waals surface area contributed by atoms with Crippen molar-refractivity contribution in [3.8, 4) is 0 Å². The monoisotopic (exact) mass is 170 g/mol. The number of hydrogen-bond donors (Lipinski definition) is 1. The van der Waals surface area contributed by atoms with Crippen molar-refractivity contribution in [3.63, 3.8) is 0 Å². The van der Waals surface area contributed by atoms with E-state index in [0.29, 0.717) is 0 Å². The second-order valence-electron chi connectivity index (χ2n) is 2.59. The maximum atomic E-state index is 8.94. The highest BCUT2D eigenvalue weighted by Crippen LogP contribution is 2.30. The normalized spacial score (nSPS) is 23.2. The van der Waals surface area contributed by atoms with Gasteiger partial charge in [0.1, 0.15) is 6.10 Å². The molecule has 1 N–H and O–H groups in total. The molecule has 3 heteroatoms. The van der Waals surface area contributed by atoms with Gasteiger partial charge < -0.3 is 9.84 Å². The molecular formula is C8H10O2S. The summed E-state index contributed by atoms with van der Waals surface area (Å²) in [5.41, 5.74) is 1.18. The summed E-state index contributed by atoms with van der Waals surface area (Å²) in [5, 5.41) is 11.0. The summed E-state index contributed by atoms with van der Waals surface area (Å²) >= 11 is 1.75. The van der Waals surface area contributed by atoms with Crippen molar-refractivity contribution in [2.24, 2.45) is 0 Å². The minimum absolute atomic E-state index is 0.0648. The Kier molecular flexibility index (Phi) is 1.94. The first-order valence-electron chi connectivity index (χ1n) is 3.70. The molecule has 1 aromatic rings. The van der Waals surface area contributed by atoms with Gasteiger partial charge in [0.2, 0.25) is 0 Å². The van der Waals surface area contributed by atoms with Gasteiger partial charge in [-0.25, -0.2) is 0 Å². The average molecular weight is 170 g/mol. The highest BCUT2D eigenvalue weighted by Gasteiger charge is 2.20. The Hall–Kier alpha value is -0.380. The van der Waals surface area contributed by atoms with Crippen molar-refractivity contribution in [2.45, 2.75) is 12.5 Å². The van der Waals surface area contributed by atoms with Crippen LogP contribution in [0, 0.1) is 0 Å². The minimum atomic E-state index is -0.0648. The van der Waals surface area contributed by atoms with Crippen LogP contribution in [0.25, 0.3) is 0 Å². The Morgan fingerprint density at radius 1 is 1.73 bits per heavy atom. The Labute approximate surface area is 69.4 Å². The summed E-state index contributed by atoms with van der Waals surface area (Å²) in [6.07, 6.45) is 0.939. The Morgan fingerprint density at radius 3 is 3.45 bits per heavy atom. The van der Waals surface area contributed by atoms with Gasteiger partial charge in [-0.3, -0.25) is 0 Å². The van der Waals surface area contributed by atoms with Crippen LogP contribution in [-0.4, -0.2) is 18.3 Å². The van der Waals surface area contributed by atoms with Crippen LogP contribution in [0.4, 0.5) is 0 Å². The van der Waals surface area contributed by atoms with Gasteiger partial charge in [-0.15, -0.1) is 11.3 Å². The summed E-state index contributed by atoms with van der Waals surface area (Å²) in [7, 11) is 0. The van der Waals surface area contributed by atoms with Crippen LogP contribution in [0.3, 0.4) is 0 Å². The Morgan fingerprint density at radius 2 is 2.64 bits per heavy atom. The standard InChI is InChI=1S/C8H10O2S/c9-5-7-6-2-4-11-8(6)1-3-10-7/h2,4,7,9H,1,3,5H2. The molecule has 2 rings (SSSR count). The molecule has 2 heterocycles. The highest BCUT2D eigenvalue weighted by atomic mass is 32.1. The number of hydrogen-bond acceptors (Lipinski definition) is 3. The largest absolute Gasteiger partial charge is 0.393 e. The average Bonchev–Trinajstić information content (AvgIpc) is 2.50. The molecule has 0 saturated heterocycles. The summed E-state index contributed by atoms with van der Waals surface area (Å²) in [5.74, 6) is 0. The Bertz CT molecular complexity index is 244. The van der Waals surface area contributed by atoms with Crippen molar-refractivity contribution in [1.82, 2.24) is 0 Å². The molecule has 0 saturated carbocycles. The maximum Gasteiger partial charge on any atom is 0.107 e. The van der Waals surface area contributed by atoms with E-state index < -0.39 is 0 Å². The smallest absolute Gasteiger partial charge is 0.107 e. The van der Waals surface area contributed by atoms with Gasteiger partial charge in [0, 0.05) is 11.3 Å². The fraction of sp³-hybridized carbons (Fsp3) is 0.500. The van der Waals surface area contributed by atoms with E-state index in [0.717, 1.165) is 13.0 Å². The SMILES string of the molecule is OCC1OCCc2sccc21. The number of aliphatic hydroxyl groups excluding tert-OH is 1. The van der Waals surface area contributed by atoms with E-state index in [1.54, 1.807) is 11.3 Å². The number of ether oxygens (including phenoxy) is 1. The third-order valence-electron chi connectivity index (χ3n) is 1.94. The first-order chi connectivity index (χ1) is 5.42. The van der Waals surface area contributed by atoms with Crippen molar-refractivity contribution in [3.05, 3.63) is 21.9 Å². The molecule has 0 amide bonds. The summed E-state index contributed by atoms with van der Waals surface area (Å²) in [6, 6.07) is 2.04. The fourth-order valence-corrected chi connectivity index (χ4v) is 2.29. The maximum absolute atomic E-state index is 8.94. The second kappa shape index (κ2) is 2.93. The van der Waals surface area contributed by atoms with Crippen molar-refractivity contribution in [1.29, 1.82) is 0 Å². The van der Waals surface area contributed by atoms with E-state index in [2.05, 4.69) is 5.38 Å². The van der Waals surface area contributed by atoms with E-state index in [1.807, 2.05) is 6.07 Å². The lowest BCUT2D eigenvalue weighted by Crippen LogP contribution is -2.16. The molecule has 1 aromatic heterocycles. The van der Waals surface area contributed by atoms with E-state index in [-0.39, 0.29) is 12.7 Å². The summed E-state index contributed by atoms with van der Waals surface area (Å²) in [6.45, 7) is 0.850. The van der Waals surface area contributed by atoms with Crippen LogP contribution >= 0.6 is 11.3 Å². The lowest BCUT2D eigenvalue weighted by atomic mass is 10.1. The molecule has 0 bridgehead atoms. The lowest BCUT2D eigenvalue weighted by molar-refractivity contribution is 0.00421. The third kappa shape index (κ3) is 1.20. The molecule has 1 aliphatic rings. The lowest BCUT2D eigenvalue weighted by Gasteiger charge is -2.20. The number of thiophene rings is 1. The zero-order chi connectivity index (χ0) is 7.68. The number of aliphatic hydroxyl groups is 1. The molecule has 0 fully saturated rings.